The second-order valence-electron chi connectivity index (χ2n) is 3.14. The van der Waals surface area contributed by atoms with E-state index in [4.69, 9.17) is 4.74 Å². The fraction of sp³-hybridized carbons (Fsp3) is 0.182. The zero-order chi connectivity index (χ0) is 10.8. The average Bonchev–Trinajstić information content (AvgIpc) is 2.60. The van der Waals surface area contributed by atoms with Gasteiger partial charge < -0.3 is 9.72 Å². The van der Waals surface area contributed by atoms with Gasteiger partial charge in [0.2, 0.25) is 0 Å². The number of carbonyl (C=O) groups is 1. The van der Waals surface area contributed by atoms with Gasteiger partial charge in [-0.2, -0.15) is 0 Å². The highest BCUT2D eigenvalue weighted by molar-refractivity contribution is 14.1. The smallest absolute Gasteiger partial charge is 0.354 e. The lowest BCUT2D eigenvalue weighted by molar-refractivity contribution is 0.0520. The van der Waals surface area contributed by atoms with Gasteiger partial charge in [0.15, 0.2) is 0 Å². The van der Waals surface area contributed by atoms with E-state index in [1.54, 1.807) is 6.92 Å². The highest BCUT2D eigenvalue weighted by atomic mass is 127. The zero-order valence-electron chi connectivity index (χ0n) is 8.21. The normalized spacial score (nSPS) is 10.5. The van der Waals surface area contributed by atoms with Crippen LogP contribution in [0.5, 0.6) is 0 Å². The van der Waals surface area contributed by atoms with Crippen molar-refractivity contribution in [2.24, 2.45) is 0 Å². The first-order chi connectivity index (χ1) is 7.20. The Hall–Kier alpha value is -1.04. The van der Waals surface area contributed by atoms with E-state index in [9.17, 15) is 4.79 Å². The van der Waals surface area contributed by atoms with Gasteiger partial charge in [-0.15, -0.1) is 0 Å². The lowest BCUT2D eigenvalue weighted by atomic mass is 10.2. The molecule has 0 radical (unpaired) electrons. The molecule has 0 atom stereocenters. The van der Waals surface area contributed by atoms with E-state index in [0.717, 1.165) is 14.5 Å². The van der Waals surface area contributed by atoms with Gasteiger partial charge >= 0.3 is 5.97 Å². The second kappa shape index (κ2) is 4.22. The van der Waals surface area contributed by atoms with Crippen LogP contribution in [-0.2, 0) is 4.74 Å². The number of H-pyrrole nitrogens is 1. The second-order valence-corrected chi connectivity index (χ2v) is 4.38. The number of aromatic amines is 1. The van der Waals surface area contributed by atoms with E-state index in [1.807, 2.05) is 24.3 Å². The number of hydrogen-bond acceptors (Lipinski definition) is 2. The third kappa shape index (κ3) is 2.14. The molecule has 1 N–H and O–H groups in total. The third-order valence-electron chi connectivity index (χ3n) is 2.08. The van der Waals surface area contributed by atoms with Crippen molar-refractivity contribution in [2.75, 3.05) is 6.61 Å². The Morgan fingerprint density at radius 1 is 1.47 bits per heavy atom. The average molecular weight is 315 g/mol. The van der Waals surface area contributed by atoms with Gasteiger partial charge in [0.1, 0.15) is 5.69 Å². The van der Waals surface area contributed by atoms with Crippen LogP contribution < -0.4 is 0 Å². The van der Waals surface area contributed by atoms with Crippen molar-refractivity contribution in [2.45, 2.75) is 6.92 Å². The van der Waals surface area contributed by atoms with Gasteiger partial charge in [-0.25, -0.2) is 4.79 Å². The molecule has 0 saturated carbocycles. The molecular weight excluding hydrogens is 305 g/mol. The number of carbonyl (C=O) groups excluding carboxylic acids is 1. The summed E-state index contributed by atoms with van der Waals surface area (Å²) >= 11 is 2.23. The number of aromatic nitrogens is 1. The van der Waals surface area contributed by atoms with Gasteiger partial charge in [-0.1, -0.05) is 6.07 Å². The molecule has 78 valence electrons. The molecule has 0 aliphatic carbocycles. The third-order valence-corrected chi connectivity index (χ3v) is 2.75. The maximum Gasteiger partial charge on any atom is 0.354 e. The Bertz CT molecular complexity index is 504. The fourth-order valence-corrected chi connectivity index (χ4v) is 1.91. The number of nitrogens with one attached hydrogen (secondary N) is 1. The summed E-state index contributed by atoms with van der Waals surface area (Å²) in [5.41, 5.74) is 1.47. The molecular formula is C11H10INO2. The Labute approximate surface area is 101 Å². The number of ether oxygens (including phenoxy) is 1. The summed E-state index contributed by atoms with van der Waals surface area (Å²) in [5, 5.41) is 1.03. The number of hydrogen-bond donors (Lipinski definition) is 1. The van der Waals surface area contributed by atoms with Crippen LogP contribution in [0.3, 0.4) is 0 Å². The molecule has 0 spiro atoms. The first-order valence-corrected chi connectivity index (χ1v) is 5.74. The van der Waals surface area contributed by atoms with Crippen LogP contribution in [-0.4, -0.2) is 17.6 Å². The molecule has 1 aromatic carbocycles. The minimum absolute atomic E-state index is 0.302. The first-order valence-electron chi connectivity index (χ1n) is 4.66. The quantitative estimate of drug-likeness (QED) is 0.684. The molecule has 1 heterocycles. The molecule has 0 aliphatic heterocycles. The number of fused-ring (bicyclic) bond motifs is 1. The van der Waals surface area contributed by atoms with Crippen molar-refractivity contribution in [3.63, 3.8) is 0 Å². The fourth-order valence-electron chi connectivity index (χ4n) is 1.42. The maximum absolute atomic E-state index is 11.4. The molecule has 4 heteroatoms. The van der Waals surface area contributed by atoms with Gasteiger partial charge in [-0.3, -0.25) is 0 Å². The minimum Gasteiger partial charge on any atom is -0.461 e. The molecule has 0 amide bonds. The molecule has 3 nitrogen and oxygen atoms in total. The van der Waals surface area contributed by atoms with E-state index in [1.165, 1.54) is 0 Å². The molecule has 0 bridgehead atoms. The van der Waals surface area contributed by atoms with Crippen molar-refractivity contribution in [3.05, 3.63) is 33.5 Å². The summed E-state index contributed by atoms with van der Waals surface area (Å²) in [6.45, 7) is 2.19. The molecule has 0 aliphatic rings. The highest BCUT2D eigenvalue weighted by Gasteiger charge is 2.09. The van der Waals surface area contributed by atoms with Crippen LogP contribution in [0.2, 0.25) is 0 Å². The van der Waals surface area contributed by atoms with Crippen molar-refractivity contribution in [3.8, 4) is 0 Å². The van der Waals surface area contributed by atoms with Crippen LogP contribution in [0.15, 0.2) is 24.3 Å². The maximum atomic E-state index is 11.4. The largest absolute Gasteiger partial charge is 0.461 e. The van der Waals surface area contributed by atoms with Crippen molar-refractivity contribution in [1.82, 2.24) is 4.98 Å². The summed E-state index contributed by atoms with van der Waals surface area (Å²) in [6.07, 6.45) is 0. The summed E-state index contributed by atoms with van der Waals surface area (Å²) < 4.78 is 6.05. The lowest BCUT2D eigenvalue weighted by Crippen LogP contribution is -2.04. The summed E-state index contributed by atoms with van der Waals surface area (Å²) in [6, 6.07) is 7.80. The van der Waals surface area contributed by atoms with Gasteiger partial charge in [0.05, 0.1) is 6.61 Å². The van der Waals surface area contributed by atoms with Crippen molar-refractivity contribution in [1.29, 1.82) is 0 Å². The van der Waals surface area contributed by atoms with Crippen LogP contribution in [0, 0.1) is 3.57 Å². The van der Waals surface area contributed by atoms with Crippen LogP contribution in [0.1, 0.15) is 17.4 Å². The molecule has 0 fully saturated rings. The molecule has 15 heavy (non-hydrogen) atoms. The Balaban J connectivity index is 2.42. The number of benzene rings is 1. The number of esters is 1. The van der Waals surface area contributed by atoms with Crippen LogP contribution in [0.4, 0.5) is 0 Å². The predicted molar refractivity (Wildman–Crippen MR) is 67.0 cm³/mol. The Morgan fingerprint density at radius 3 is 3.00 bits per heavy atom. The zero-order valence-corrected chi connectivity index (χ0v) is 10.4. The Kier molecular flexibility index (Phi) is 2.95. The molecule has 2 rings (SSSR count). The Morgan fingerprint density at radius 2 is 2.27 bits per heavy atom. The van der Waals surface area contributed by atoms with E-state index in [2.05, 4.69) is 27.6 Å². The summed E-state index contributed by atoms with van der Waals surface area (Å²) in [7, 11) is 0. The molecule has 2 aromatic rings. The highest BCUT2D eigenvalue weighted by Crippen LogP contribution is 2.18. The number of halogens is 1. The SMILES string of the molecule is CCOC(=O)c1cc2ccc(I)cc2[nH]1. The minimum atomic E-state index is -0.302. The molecule has 1 aromatic heterocycles. The monoisotopic (exact) mass is 315 g/mol. The summed E-state index contributed by atoms with van der Waals surface area (Å²) in [4.78, 5) is 14.5. The van der Waals surface area contributed by atoms with Gasteiger partial charge in [-0.05, 0) is 47.7 Å². The van der Waals surface area contributed by atoms with E-state index in [0.29, 0.717) is 12.3 Å². The summed E-state index contributed by atoms with van der Waals surface area (Å²) in [5.74, 6) is -0.302. The first kappa shape index (κ1) is 10.5. The molecule has 0 unspecified atom stereocenters. The van der Waals surface area contributed by atoms with Gasteiger partial charge in [0.25, 0.3) is 0 Å². The van der Waals surface area contributed by atoms with E-state index < -0.39 is 0 Å². The van der Waals surface area contributed by atoms with Crippen molar-refractivity contribution < 1.29 is 9.53 Å². The molecule has 0 saturated heterocycles. The van der Waals surface area contributed by atoms with E-state index in [-0.39, 0.29) is 5.97 Å². The predicted octanol–water partition coefficient (Wildman–Crippen LogP) is 2.95. The standard InChI is InChI=1S/C11H10INO2/c1-2-15-11(14)10-5-7-3-4-8(12)6-9(7)13-10/h3-6,13H,2H2,1H3. The van der Waals surface area contributed by atoms with E-state index >= 15 is 0 Å². The van der Waals surface area contributed by atoms with Crippen molar-refractivity contribution >= 4 is 39.5 Å². The topological polar surface area (TPSA) is 42.1 Å². The number of rotatable bonds is 2. The van der Waals surface area contributed by atoms with Crippen LogP contribution >= 0.6 is 22.6 Å². The van der Waals surface area contributed by atoms with Gasteiger partial charge in [0, 0.05) is 14.5 Å². The van der Waals surface area contributed by atoms with Crippen LogP contribution in [0.25, 0.3) is 10.9 Å². The lowest BCUT2D eigenvalue weighted by Gasteiger charge is -1.96.